The van der Waals surface area contributed by atoms with Crippen molar-refractivity contribution in [3.63, 3.8) is 0 Å². The van der Waals surface area contributed by atoms with Crippen molar-refractivity contribution in [2.24, 2.45) is 0 Å². The standard InChI is InChI=1S/C23H19N3O2S/c1-15(27)23-24-16-8-2-3-9-17(16)25(23)14-22(28)26-18-10-4-6-12-20(18)29-21-13-7-5-11-19(21)26/h2-13,15,27H,14H2,1H3. The second-order valence-corrected chi connectivity index (χ2v) is 8.07. The van der Waals surface area contributed by atoms with Gasteiger partial charge in [-0.15, -0.1) is 0 Å². The molecule has 1 aliphatic rings. The normalized spacial score (nSPS) is 13.8. The van der Waals surface area contributed by atoms with Crippen LogP contribution in [0.5, 0.6) is 0 Å². The average Bonchev–Trinajstić information content (AvgIpc) is 3.10. The number of hydrogen-bond donors (Lipinski definition) is 1. The molecule has 3 aromatic carbocycles. The minimum atomic E-state index is -0.772. The van der Waals surface area contributed by atoms with Gasteiger partial charge in [0, 0.05) is 9.79 Å². The molecule has 144 valence electrons. The Morgan fingerprint density at radius 1 is 0.966 bits per heavy atom. The zero-order valence-corrected chi connectivity index (χ0v) is 16.6. The van der Waals surface area contributed by atoms with Crippen LogP contribution in [0.3, 0.4) is 0 Å². The molecule has 6 heteroatoms. The number of aliphatic hydroxyl groups excluding tert-OH is 1. The van der Waals surface area contributed by atoms with Crippen molar-refractivity contribution in [1.82, 2.24) is 9.55 Å². The SMILES string of the molecule is CC(O)c1nc2ccccc2n1CC(=O)N1c2ccccc2Sc2ccccc21. The molecule has 0 spiro atoms. The molecule has 29 heavy (non-hydrogen) atoms. The third kappa shape index (κ3) is 3.01. The molecule has 0 radical (unpaired) electrons. The summed E-state index contributed by atoms with van der Waals surface area (Å²) in [6.45, 7) is 1.76. The van der Waals surface area contributed by atoms with Crippen LogP contribution in [0.1, 0.15) is 18.9 Å². The summed E-state index contributed by atoms with van der Waals surface area (Å²) in [5.41, 5.74) is 3.37. The molecule has 5 nitrogen and oxygen atoms in total. The Morgan fingerprint density at radius 3 is 2.21 bits per heavy atom. The molecule has 2 heterocycles. The van der Waals surface area contributed by atoms with Gasteiger partial charge in [-0.05, 0) is 43.3 Å². The van der Waals surface area contributed by atoms with Gasteiger partial charge in [0.1, 0.15) is 18.5 Å². The Kier molecular flexibility index (Phi) is 4.38. The quantitative estimate of drug-likeness (QED) is 0.529. The first-order chi connectivity index (χ1) is 14.1. The Hall–Kier alpha value is -3.09. The van der Waals surface area contributed by atoms with Gasteiger partial charge in [0.2, 0.25) is 0 Å². The number of hydrogen-bond acceptors (Lipinski definition) is 4. The summed E-state index contributed by atoms with van der Waals surface area (Å²) < 4.78 is 1.81. The molecule has 1 N–H and O–H groups in total. The van der Waals surface area contributed by atoms with Crippen molar-refractivity contribution in [2.45, 2.75) is 29.4 Å². The van der Waals surface area contributed by atoms with E-state index >= 15 is 0 Å². The second-order valence-electron chi connectivity index (χ2n) is 6.99. The van der Waals surface area contributed by atoms with Gasteiger partial charge in [-0.25, -0.2) is 4.98 Å². The van der Waals surface area contributed by atoms with Crippen LogP contribution in [0.15, 0.2) is 82.6 Å². The Morgan fingerprint density at radius 2 is 1.55 bits per heavy atom. The van der Waals surface area contributed by atoms with Gasteiger partial charge < -0.3 is 9.67 Å². The molecular weight excluding hydrogens is 382 g/mol. The maximum atomic E-state index is 13.6. The number of fused-ring (bicyclic) bond motifs is 3. The molecule has 1 unspecified atom stereocenters. The lowest BCUT2D eigenvalue weighted by Crippen LogP contribution is -2.32. The van der Waals surface area contributed by atoms with Crippen molar-refractivity contribution >= 4 is 40.1 Å². The van der Waals surface area contributed by atoms with Crippen LogP contribution in [-0.4, -0.2) is 20.6 Å². The Labute approximate surface area is 172 Å². The minimum Gasteiger partial charge on any atom is -0.385 e. The highest BCUT2D eigenvalue weighted by atomic mass is 32.2. The minimum absolute atomic E-state index is 0.0738. The number of carbonyl (C=O) groups excluding carboxylic acids is 1. The van der Waals surface area contributed by atoms with E-state index in [0.29, 0.717) is 5.82 Å². The van der Waals surface area contributed by atoms with Gasteiger partial charge in [-0.3, -0.25) is 9.69 Å². The smallest absolute Gasteiger partial charge is 0.251 e. The van der Waals surface area contributed by atoms with E-state index in [4.69, 9.17) is 0 Å². The number of aromatic nitrogens is 2. The van der Waals surface area contributed by atoms with Crippen molar-refractivity contribution in [1.29, 1.82) is 0 Å². The van der Waals surface area contributed by atoms with E-state index in [1.165, 1.54) is 0 Å². The van der Waals surface area contributed by atoms with Crippen molar-refractivity contribution in [2.75, 3.05) is 4.90 Å². The first kappa shape index (κ1) is 18.0. The number of anilines is 2. The van der Waals surface area contributed by atoms with Crippen LogP contribution in [0.4, 0.5) is 11.4 Å². The highest BCUT2D eigenvalue weighted by Crippen LogP contribution is 2.48. The highest BCUT2D eigenvalue weighted by molar-refractivity contribution is 7.99. The lowest BCUT2D eigenvalue weighted by atomic mass is 10.2. The van der Waals surface area contributed by atoms with E-state index in [1.54, 1.807) is 23.6 Å². The monoisotopic (exact) mass is 401 g/mol. The molecule has 4 aromatic rings. The highest BCUT2D eigenvalue weighted by Gasteiger charge is 2.29. The molecule has 0 saturated heterocycles. The molecule has 1 atom stereocenters. The zero-order chi connectivity index (χ0) is 20.0. The van der Waals surface area contributed by atoms with Gasteiger partial charge in [0.25, 0.3) is 5.91 Å². The predicted octanol–water partition coefficient (Wildman–Crippen LogP) is 4.92. The van der Waals surface area contributed by atoms with E-state index < -0.39 is 6.10 Å². The number of para-hydroxylation sites is 4. The number of aliphatic hydroxyl groups is 1. The van der Waals surface area contributed by atoms with Crippen LogP contribution in [-0.2, 0) is 11.3 Å². The maximum Gasteiger partial charge on any atom is 0.251 e. The molecule has 0 aliphatic carbocycles. The molecule has 1 aliphatic heterocycles. The third-order valence-electron chi connectivity index (χ3n) is 5.03. The number of nitrogens with zero attached hydrogens (tertiary/aromatic N) is 3. The molecule has 1 amide bonds. The van der Waals surface area contributed by atoms with Crippen LogP contribution < -0.4 is 4.90 Å². The van der Waals surface area contributed by atoms with Crippen molar-refractivity contribution in [3.8, 4) is 0 Å². The first-order valence-corrected chi connectivity index (χ1v) is 10.3. The number of imidazole rings is 1. The zero-order valence-electron chi connectivity index (χ0n) is 15.8. The van der Waals surface area contributed by atoms with Gasteiger partial charge in [-0.2, -0.15) is 0 Å². The summed E-state index contributed by atoms with van der Waals surface area (Å²) in [5.74, 6) is 0.419. The van der Waals surface area contributed by atoms with Gasteiger partial charge >= 0.3 is 0 Å². The maximum absolute atomic E-state index is 13.6. The summed E-state index contributed by atoms with van der Waals surface area (Å²) in [7, 11) is 0. The van der Waals surface area contributed by atoms with Crippen LogP contribution in [0.25, 0.3) is 11.0 Å². The van der Waals surface area contributed by atoms with Crippen molar-refractivity contribution < 1.29 is 9.90 Å². The molecule has 0 saturated carbocycles. The fourth-order valence-corrected chi connectivity index (χ4v) is 4.82. The second kappa shape index (κ2) is 7.06. The van der Waals surface area contributed by atoms with Crippen molar-refractivity contribution in [3.05, 3.63) is 78.6 Å². The summed E-state index contributed by atoms with van der Waals surface area (Å²) in [6, 6.07) is 23.5. The van der Waals surface area contributed by atoms with E-state index in [0.717, 1.165) is 32.2 Å². The summed E-state index contributed by atoms with van der Waals surface area (Å²) >= 11 is 1.67. The largest absolute Gasteiger partial charge is 0.385 e. The third-order valence-corrected chi connectivity index (χ3v) is 6.16. The Bertz CT molecular complexity index is 1190. The first-order valence-electron chi connectivity index (χ1n) is 9.45. The van der Waals surface area contributed by atoms with E-state index in [9.17, 15) is 9.90 Å². The van der Waals surface area contributed by atoms with Gasteiger partial charge in [-0.1, -0.05) is 48.2 Å². The van der Waals surface area contributed by atoms with E-state index in [1.807, 2.05) is 77.4 Å². The number of carbonyl (C=O) groups is 1. The number of amides is 1. The Balaban J connectivity index is 1.61. The lowest BCUT2D eigenvalue weighted by molar-refractivity contribution is -0.118. The predicted molar refractivity (Wildman–Crippen MR) is 115 cm³/mol. The molecule has 1 aromatic heterocycles. The van der Waals surface area contributed by atoms with E-state index in [-0.39, 0.29) is 12.5 Å². The van der Waals surface area contributed by atoms with Crippen LogP contribution >= 0.6 is 11.8 Å². The molecule has 0 fully saturated rings. The molecule has 5 rings (SSSR count). The summed E-state index contributed by atoms with van der Waals surface area (Å²) in [6.07, 6.45) is -0.772. The van der Waals surface area contributed by atoms with Gasteiger partial charge in [0.05, 0.1) is 22.4 Å². The topological polar surface area (TPSA) is 58.4 Å². The average molecular weight is 401 g/mol. The lowest BCUT2D eigenvalue weighted by Gasteiger charge is -2.31. The number of benzene rings is 3. The summed E-state index contributed by atoms with van der Waals surface area (Å²) in [4.78, 5) is 22.0. The molecule has 0 bridgehead atoms. The fraction of sp³-hybridized carbons (Fsp3) is 0.130. The molecular formula is C23H19N3O2S. The van der Waals surface area contributed by atoms with E-state index in [2.05, 4.69) is 4.98 Å². The van der Waals surface area contributed by atoms with Crippen LogP contribution in [0.2, 0.25) is 0 Å². The fourth-order valence-electron chi connectivity index (χ4n) is 3.76. The summed E-state index contributed by atoms with van der Waals surface area (Å²) in [5, 5.41) is 10.2. The van der Waals surface area contributed by atoms with Crippen LogP contribution in [0, 0.1) is 0 Å². The number of rotatable bonds is 3. The van der Waals surface area contributed by atoms with Gasteiger partial charge in [0.15, 0.2) is 0 Å².